The van der Waals surface area contributed by atoms with Crippen LogP contribution in [0.4, 0.5) is 4.39 Å². The summed E-state index contributed by atoms with van der Waals surface area (Å²) in [6, 6.07) is 8.66. The molecule has 3 aromatic rings. The highest BCUT2D eigenvalue weighted by molar-refractivity contribution is 6.30. The van der Waals surface area contributed by atoms with Crippen molar-refractivity contribution in [3.05, 3.63) is 64.1 Å². The van der Waals surface area contributed by atoms with Crippen molar-refractivity contribution in [1.82, 2.24) is 9.88 Å². The van der Waals surface area contributed by atoms with Crippen LogP contribution in [-0.2, 0) is 9.59 Å². The summed E-state index contributed by atoms with van der Waals surface area (Å²) in [7, 11) is 0. The maximum Gasteiger partial charge on any atom is 0.322 e. The van der Waals surface area contributed by atoms with Gasteiger partial charge in [0.15, 0.2) is 11.6 Å². The lowest BCUT2D eigenvalue weighted by Crippen LogP contribution is -2.32. The number of phenolic OH excluding ortho intramolecular Hbond substituents is 1. The van der Waals surface area contributed by atoms with E-state index in [4.69, 9.17) is 16.7 Å². The molecular formula is C21H18ClFN2O5. The van der Waals surface area contributed by atoms with E-state index in [1.807, 2.05) is 0 Å². The molecule has 2 aromatic carbocycles. The fraction of sp³-hybridized carbons (Fsp3) is 0.190. The molecule has 1 atom stereocenters. The molecule has 1 aromatic heterocycles. The Morgan fingerprint density at radius 2 is 1.80 bits per heavy atom. The van der Waals surface area contributed by atoms with E-state index >= 15 is 0 Å². The molecule has 7 nitrogen and oxygen atoms in total. The second-order valence-electron chi connectivity index (χ2n) is 6.77. The Hall–Kier alpha value is -3.39. The van der Waals surface area contributed by atoms with E-state index < -0.39 is 41.8 Å². The third-order valence-corrected chi connectivity index (χ3v) is 5.12. The van der Waals surface area contributed by atoms with Gasteiger partial charge in [-0.1, -0.05) is 11.6 Å². The SMILES string of the molecule is Cc1c(C(C)C(=O)NCC(=O)O)c2c(F)c(O)ccc2n1C(=O)c1ccc(Cl)cc1. The van der Waals surface area contributed by atoms with Crippen molar-refractivity contribution < 1.29 is 29.0 Å². The quantitative estimate of drug-likeness (QED) is 0.572. The molecule has 0 radical (unpaired) electrons. The van der Waals surface area contributed by atoms with Crippen LogP contribution in [0.1, 0.15) is 34.5 Å². The Kier molecular flexibility index (Phi) is 5.80. The Balaban J connectivity index is 2.20. The van der Waals surface area contributed by atoms with Gasteiger partial charge in [0.25, 0.3) is 5.91 Å². The predicted molar refractivity (Wildman–Crippen MR) is 109 cm³/mol. The third kappa shape index (κ3) is 3.73. The van der Waals surface area contributed by atoms with E-state index in [0.717, 1.165) is 6.07 Å². The molecule has 1 unspecified atom stereocenters. The molecule has 0 aliphatic heterocycles. The number of carboxylic acids is 1. The smallest absolute Gasteiger partial charge is 0.322 e. The van der Waals surface area contributed by atoms with Crippen molar-refractivity contribution in [2.24, 2.45) is 0 Å². The molecule has 0 saturated heterocycles. The molecule has 1 heterocycles. The van der Waals surface area contributed by atoms with Crippen LogP contribution in [0.25, 0.3) is 10.9 Å². The number of phenols is 1. The van der Waals surface area contributed by atoms with E-state index in [-0.39, 0.29) is 16.5 Å². The Morgan fingerprint density at radius 3 is 2.40 bits per heavy atom. The number of aliphatic carboxylic acids is 1. The van der Waals surface area contributed by atoms with E-state index in [1.54, 1.807) is 19.1 Å². The number of carbonyl (C=O) groups excluding carboxylic acids is 2. The van der Waals surface area contributed by atoms with Crippen molar-refractivity contribution in [3.63, 3.8) is 0 Å². The largest absolute Gasteiger partial charge is 0.505 e. The average Bonchev–Trinajstić information content (AvgIpc) is 3.00. The van der Waals surface area contributed by atoms with Gasteiger partial charge < -0.3 is 15.5 Å². The number of carbonyl (C=O) groups is 3. The molecule has 0 fully saturated rings. The van der Waals surface area contributed by atoms with Gasteiger partial charge in [-0.05, 0) is 55.8 Å². The van der Waals surface area contributed by atoms with Crippen molar-refractivity contribution in [3.8, 4) is 5.75 Å². The lowest BCUT2D eigenvalue weighted by Gasteiger charge is -2.13. The number of nitrogens with zero attached hydrogens (tertiary/aromatic N) is 1. The Morgan fingerprint density at radius 1 is 1.17 bits per heavy atom. The zero-order valence-electron chi connectivity index (χ0n) is 16.1. The number of aromatic nitrogens is 1. The molecule has 0 aliphatic rings. The average molecular weight is 433 g/mol. The highest BCUT2D eigenvalue weighted by Crippen LogP contribution is 2.37. The summed E-state index contributed by atoms with van der Waals surface area (Å²) in [5, 5.41) is 21.3. The molecule has 3 N–H and O–H groups in total. The van der Waals surface area contributed by atoms with Crippen LogP contribution in [0.5, 0.6) is 5.75 Å². The number of hydrogen-bond donors (Lipinski definition) is 3. The highest BCUT2D eigenvalue weighted by atomic mass is 35.5. The summed E-state index contributed by atoms with van der Waals surface area (Å²) >= 11 is 5.88. The van der Waals surface area contributed by atoms with Crippen molar-refractivity contribution in [2.45, 2.75) is 19.8 Å². The first-order chi connectivity index (χ1) is 14.1. The summed E-state index contributed by atoms with van der Waals surface area (Å²) in [5.41, 5.74) is 0.953. The number of carboxylic acid groups (broad SMARTS) is 1. The van der Waals surface area contributed by atoms with Crippen LogP contribution in [-0.4, -0.2) is 39.1 Å². The zero-order valence-corrected chi connectivity index (χ0v) is 16.8. The van der Waals surface area contributed by atoms with E-state index in [2.05, 4.69) is 5.32 Å². The second kappa shape index (κ2) is 8.16. The third-order valence-electron chi connectivity index (χ3n) is 4.87. The first-order valence-electron chi connectivity index (χ1n) is 8.95. The number of rotatable bonds is 5. The van der Waals surface area contributed by atoms with E-state index in [0.29, 0.717) is 16.3 Å². The molecule has 3 rings (SSSR count). The number of hydrogen-bond acceptors (Lipinski definition) is 4. The number of aromatic hydroxyl groups is 1. The number of halogens is 2. The molecule has 30 heavy (non-hydrogen) atoms. The number of amides is 1. The van der Waals surface area contributed by atoms with Gasteiger partial charge in [-0.2, -0.15) is 0 Å². The predicted octanol–water partition coefficient (Wildman–Crippen LogP) is 3.44. The number of benzene rings is 2. The van der Waals surface area contributed by atoms with Gasteiger partial charge in [-0.25, -0.2) is 4.39 Å². The topological polar surface area (TPSA) is 109 Å². The first kappa shape index (κ1) is 21.3. The Labute approximate surface area is 175 Å². The summed E-state index contributed by atoms with van der Waals surface area (Å²) in [6.45, 7) is 2.43. The Bertz CT molecular complexity index is 1170. The molecule has 156 valence electrons. The summed E-state index contributed by atoms with van der Waals surface area (Å²) in [5.74, 6) is -4.92. The van der Waals surface area contributed by atoms with Crippen LogP contribution >= 0.6 is 11.6 Å². The van der Waals surface area contributed by atoms with Crippen LogP contribution in [0.2, 0.25) is 5.02 Å². The van der Waals surface area contributed by atoms with Gasteiger partial charge in [0.1, 0.15) is 6.54 Å². The fourth-order valence-corrected chi connectivity index (χ4v) is 3.57. The standard InChI is InChI=1S/C21H18ClFN2O5/c1-10(20(29)24-9-16(27)28)17-11(2)25(14-7-8-15(26)19(23)18(14)17)21(30)12-3-5-13(22)6-4-12/h3-8,10,26H,9H2,1-2H3,(H,24,29)(H,27,28). The fourth-order valence-electron chi connectivity index (χ4n) is 3.44. The monoisotopic (exact) mass is 432 g/mol. The lowest BCUT2D eigenvalue weighted by atomic mass is 9.96. The molecule has 0 saturated carbocycles. The van der Waals surface area contributed by atoms with Crippen LogP contribution in [0.3, 0.4) is 0 Å². The van der Waals surface area contributed by atoms with Gasteiger partial charge in [-0.3, -0.25) is 19.0 Å². The van der Waals surface area contributed by atoms with E-state index in [1.165, 1.54) is 29.7 Å². The van der Waals surface area contributed by atoms with Crippen molar-refractivity contribution >= 4 is 40.3 Å². The minimum Gasteiger partial charge on any atom is -0.505 e. The maximum atomic E-state index is 14.9. The molecule has 0 spiro atoms. The van der Waals surface area contributed by atoms with Crippen LogP contribution in [0.15, 0.2) is 36.4 Å². The van der Waals surface area contributed by atoms with Crippen molar-refractivity contribution in [1.29, 1.82) is 0 Å². The van der Waals surface area contributed by atoms with Gasteiger partial charge in [0, 0.05) is 21.7 Å². The minimum absolute atomic E-state index is 0.0761. The lowest BCUT2D eigenvalue weighted by molar-refractivity contribution is -0.138. The maximum absolute atomic E-state index is 14.9. The van der Waals surface area contributed by atoms with Gasteiger partial charge in [-0.15, -0.1) is 0 Å². The normalized spacial score (nSPS) is 12.0. The van der Waals surface area contributed by atoms with Crippen LogP contribution in [0, 0.1) is 12.7 Å². The minimum atomic E-state index is -1.23. The first-order valence-corrected chi connectivity index (χ1v) is 9.33. The molecule has 0 aliphatic carbocycles. The summed E-state index contributed by atoms with van der Waals surface area (Å²) in [6.07, 6.45) is 0. The van der Waals surface area contributed by atoms with Gasteiger partial charge in [0.05, 0.1) is 11.4 Å². The number of fused-ring (bicyclic) bond motifs is 1. The molecule has 9 heteroatoms. The highest BCUT2D eigenvalue weighted by Gasteiger charge is 2.29. The van der Waals surface area contributed by atoms with Gasteiger partial charge >= 0.3 is 5.97 Å². The van der Waals surface area contributed by atoms with E-state index in [9.17, 15) is 23.9 Å². The van der Waals surface area contributed by atoms with Gasteiger partial charge in [0.2, 0.25) is 5.91 Å². The molecular weight excluding hydrogens is 415 g/mol. The van der Waals surface area contributed by atoms with Crippen molar-refractivity contribution in [2.75, 3.05) is 6.54 Å². The zero-order chi connectivity index (χ0) is 22.2. The molecule has 1 amide bonds. The summed E-state index contributed by atoms with van der Waals surface area (Å²) in [4.78, 5) is 36.4. The number of nitrogens with one attached hydrogen (secondary N) is 1. The molecule has 0 bridgehead atoms. The summed E-state index contributed by atoms with van der Waals surface area (Å²) < 4.78 is 16.2. The second-order valence-corrected chi connectivity index (χ2v) is 7.21. The van der Waals surface area contributed by atoms with Crippen LogP contribution < -0.4 is 5.32 Å².